The summed E-state index contributed by atoms with van der Waals surface area (Å²) in [5.74, 6) is 0.500. The number of carbonyl (C=O) groups is 1. The summed E-state index contributed by atoms with van der Waals surface area (Å²) in [5, 5.41) is 19.7. The summed E-state index contributed by atoms with van der Waals surface area (Å²) >= 11 is 0. The van der Waals surface area contributed by atoms with Gasteiger partial charge in [-0.2, -0.15) is 13.2 Å². The second kappa shape index (κ2) is 13.5. The molecule has 2 N–H and O–H groups in total. The summed E-state index contributed by atoms with van der Waals surface area (Å²) in [5.41, 5.74) is -0.800. The van der Waals surface area contributed by atoms with E-state index in [0.29, 0.717) is 6.42 Å². The standard InChI is InChI=1S/C26H35F3O5/c1-18(2)34-25(32)11-6-4-3-5-10-24-19(14-20(24)16-30)12-13-22(31)17-33-23-9-7-8-21(15-23)26(27,28)29/h3,5,7-9,12-13,15,18-20,22,24,30-31H,4,6,10-11,14,16-17H2,1-2H3/t19-,20+,22?,24+/m0/s1. The van der Waals surface area contributed by atoms with Crippen molar-refractivity contribution in [2.45, 2.75) is 64.3 Å². The summed E-state index contributed by atoms with van der Waals surface area (Å²) < 4.78 is 48.8. The average Bonchev–Trinajstić information content (AvgIpc) is 2.75. The highest BCUT2D eigenvalue weighted by atomic mass is 19.4. The third kappa shape index (κ3) is 9.50. The molecule has 8 heteroatoms. The van der Waals surface area contributed by atoms with Gasteiger partial charge in [0, 0.05) is 13.0 Å². The zero-order valence-electron chi connectivity index (χ0n) is 19.7. The van der Waals surface area contributed by atoms with Gasteiger partial charge in [-0.1, -0.05) is 30.4 Å². The molecule has 1 aliphatic carbocycles. The van der Waals surface area contributed by atoms with Crippen molar-refractivity contribution in [1.29, 1.82) is 0 Å². The lowest BCUT2D eigenvalue weighted by atomic mass is 9.63. The van der Waals surface area contributed by atoms with Crippen molar-refractivity contribution in [2.24, 2.45) is 17.8 Å². The molecule has 190 valence electrons. The SMILES string of the molecule is CC(C)OC(=O)CCCC=CC[C@H]1[C@@H](CO)C[C@@H]1C=CC(O)COc1cccc(C(F)(F)F)c1. The van der Waals surface area contributed by atoms with E-state index in [4.69, 9.17) is 9.47 Å². The van der Waals surface area contributed by atoms with Crippen molar-refractivity contribution in [2.75, 3.05) is 13.2 Å². The van der Waals surface area contributed by atoms with Gasteiger partial charge in [-0.05, 0) is 75.5 Å². The van der Waals surface area contributed by atoms with Crippen molar-refractivity contribution in [3.05, 3.63) is 54.1 Å². The number of benzene rings is 1. The molecular weight excluding hydrogens is 449 g/mol. The number of hydrogen-bond acceptors (Lipinski definition) is 5. The lowest BCUT2D eigenvalue weighted by Gasteiger charge is -2.42. The highest BCUT2D eigenvalue weighted by Crippen LogP contribution is 2.43. The van der Waals surface area contributed by atoms with Crippen LogP contribution in [-0.2, 0) is 15.7 Å². The fraction of sp³-hybridized carbons (Fsp3) is 0.577. The Morgan fingerprint density at radius 2 is 2.03 bits per heavy atom. The molecule has 1 aromatic carbocycles. The van der Waals surface area contributed by atoms with Crippen LogP contribution >= 0.6 is 0 Å². The van der Waals surface area contributed by atoms with Gasteiger partial charge in [0.05, 0.1) is 11.7 Å². The fourth-order valence-electron chi connectivity index (χ4n) is 3.98. The summed E-state index contributed by atoms with van der Waals surface area (Å²) in [6.45, 7) is 3.59. The van der Waals surface area contributed by atoms with E-state index in [-0.39, 0.29) is 48.8 Å². The second-order valence-corrected chi connectivity index (χ2v) is 8.93. The molecule has 1 saturated carbocycles. The number of alkyl halides is 3. The number of carbonyl (C=O) groups excluding carboxylic acids is 1. The molecule has 1 aromatic rings. The molecule has 0 aromatic heterocycles. The molecule has 0 aliphatic heterocycles. The van der Waals surface area contributed by atoms with E-state index in [1.165, 1.54) is 12.1 Å². The molecule has 34 heavy (non-hydrogen) atoms. The van der Waals surface area contributed by atoms with E-state index in [1.807, 2.05) is 26.0 Å². The number of aliphatic hydroxyl groups is 2. The topological polar surface area (TPSA) is 76.0 Å². The lowest BCUT2D eigenvalue weighted by Crippen LogP contribution is -2.37. The van der Waals surface area contributed by atoms with E-state index in [0.717, 1.165) is 37.8 Å². The van der Waals surface area contributed by atoms with Crippen molar-refractivity contribution >= 4 is 5.97 Å². The van der Waals surface area contributed by atoms with Gasteiger partial charge in [-0.25, -0.2) is 0 Å². The number of hydrogen-bond donors (Lipinski definition) is 2. The van der Waals surface area contributed by atoms with Crippen LogP contribution in [0.4, 0.5) is 13.2 Å². The monoisotopic (exact) mass is 484 g/mol. The normalized spacial score (nSPS) is 21.7. The molecule has 1 aliphatic rings. The van der Waals surface area contributed by atoms with Crippen molar-refractivity contribution < 1.29 is 37.7 Å². The summed E-state index contributed by atoms with van der Waals surface area (Å²) in [4.78, 5) is 11.5. The minimum atomic E-state index is -4.45. The number of esters is 1. The largest absolute Gasteiger partial charge is 0.491 e. The predicted molar refractivity (Wildman–Crippen MR) is 123 cm³/mol. The Morgan fingerprint density at radius 3 is 2.71 bits per heavy atom. The van der Waals surface area contributed by atoms with Gasteiger partial charge < -0.3 is 19.7 Å². The minimum absolute atomic E-state index is 0.0479. The predicted octanol–water partition coefficient (Wildman–Crippen LogP) is 5.31. The van der Waals surface area contributed by atoms with Crippen LogP contribution < -0.4 is 4.74 Å². The third-order valence-corrected chi connectivity index (χ3v) is 5.82. The number of halogens is 3. The number of unbranched alkanes of at least 4 members (excludes halogenated alkanes) is 1. The lowest BCUT2D eigenvalue weighted by molar-refractivity contribution is -0.147. The Balaban J connectivity index is 1.75. The second-order valence-electron chi connectivity index (χ2n) is 8.93. The number of rotatable bonds is 13. The summed E-state index contributed by atoms with van der Waals surface area (Å²) in [7, 11) is 0. The first-order chi connectivity index (χ1) is 16.1. The van der Waals surface area contributed by atoms with E-state index in [1.54, 1.807) is 6.08 Å². The van der Waals surface area contributed by atoms with Crippen molar-refractivity contribution in [3.8, 4) is 5.75 Å². The van der Waals surface area contributed by atoms with Gasteiger partial charge in [-0.15, -0.1) is 0 Å². The first kappa shape index (κ1) is 27.9. The Bertz CT molecular complexity index is 819. The molecule has 0 spiro atoms. The average molecular weight is 485 g/mol. The molecule has 0 amide bonds. The molecule has 1 unspecified atom stereocenters. The van der Waals surface area contributed by atoms with Crippen LogP contribution in [0, 0.1) is 17.8 Å². The van der Waals surface area contributed by atoms with Gasteiger partial charge in [-0.3, -0.25) is 4.79 Å². The fourth-order valence-corrected chi connectivity index (χ4v) is 3.98. The van der Waals surface area contributed by atoms with Gasteiger partial charge in [0.15, 0.2) is 0 Å². The van der Waals surface area contributed by atoms with E-state index >= 15 is 0 Å². The molecule has 0 heterocycles. The molecule has 4 atom stereocenters. The van der Waals surface area contributed by atoms with Crippen molar-refractivity contribution in [3.63, 3.8) is 0 Å². The van der Waals surface area contributed by atoms with Crippen LogP contribution in [0.25, 0.3) is 0 Å². The van der Waals surface area contributed by atoms with Crippen LogP contribution in [0.2, 0.25) is 0 Å². The molecule has 1 fully saturated rings. The van der Waals surface area contributed by atoms with Crippen LogP contribution in [0.3, 0.4) is 0 Å². The molecule has 5 nitrogen and oxygen atoms in total. The van der Waals surface area contributed by atoms with Crippen molar-refractivity contribution in [1.82, 2.24) is 0 Å². The number of aliphatic hydroxyl groups excluding tert-OH is 2. The first-order valence-electron chi connectivity index (χ1n) is 11.7. The van der Waals surface area contributed by atoms with Crippen LogP contribution in [0.15, 0.2) is 48.6 Å². The maximum atomic E-state index is 12.8. The zero-order valence-corrected chi connectivity index (χ0v) is 19.7. The molecular formula is C26H35F3O5. The minimum Gasteiger partial charge on any atom is -0.491 e. The van der Waals surface area contributed by atoms with Gasteiger partial charge in [0.25, 0.3) is 0 Å². The van der Waals surface area contributed by atoms with Gasteiger partial charge in [0.1, 0.15) is 18.5 Å². The Hall–Kier alpha value is -2.32. The van der Waals surface area contributed by atoms with Crippen LogP contribution in [0.1, 0.15) is 51.5 Å². The van der Waals surface area contributed by atoms with E-state index in [2.05, 4.69) is 6.08 Å². The highest BCUT2D eigenvalue weighted by molar-refractivity contribution is 5.69. The maximum absolute atomic E-state index is 12.8. The summed E-state index contributed by atoms with van der Waals surface area (Å²) in [6.07, 6.45) is 5.56. The Kier molecular flexibility index (Phi) is 11.1. The van der Waals surface area contributed by atoms with E-state index < -0.39 is 17.8 Å². The zero-order chi connectivity index (χ0) is 25.1. The summed E-state index contributed by atoms with van der Waals surface area (Å²) in [6, 6.07) is 4.55. The third-order valence-electron chi connectivity index (χ3n) is 5.82. The quantitative estimate of drug-likeness (QED) is 0.225. The molecule has 0 radical (unpaired) electrons. The number of ether oxygens (including phenoxy) is 2. The van der Waals surface area contributed by atoms with Crippen LogP contribution in [0.5, 0.6) is 5.75 Å². The Labute approximate surface area is 199 Å². The maximum Gasteiger partial charge on any atom is 0.416 e. The highest BCUT2D eigenvalue weighted by Gasteiger charge is 2.37. The van der Waals surface area contributed by atoms with E-state index in [9.17, 15) is 28.2 Å². The molecule has 0 saturated heterocycles. The molecule has 0 bridgehead atoms. The van der Waals surface area contributed by atoms with Gasteiger partial charge >= 0.3 is 12.1 Å². The number of allylic oxidation sites excluding steroid dienone is 3. The first-order valence-corrected chi connectivity index (χ1v) is 11.7. The molecule has 2 rings (SSSR count). The van der Waals surface area contributed by atoms with Gasteiger partial charge in [0.2, 0.25) is 0 Å². The Morgan fingerprint density at radius 1 is 1.26 bits per heavy atom. The van der Waals surface area contributed by atoms with Crippen LogP contribution in [-0.4, -0.2) is 41.6 Å². The smallest absolute Gasteiger partial charge is 0.416 e.